The van der Waals surface area contributed by atoms with E-state index in [0.717, 1.165) is 31.2 Å². The van der Waals surface area contributed by atoms with Crippen molar-refractivity contribution >= 4 is 17.0 Å². The van der Waals surface area contributed by atoms with Crippen molar-refractivity contribution in [1.29, 1.82) is 0 Å². The van der Waals surface area contributed by atoms with Crippen molar-refractivity contribution in [3.8, 4) is 0 Å². The molecule has 0 saturated heterocycles. The zero-order valence-electron chi connectivity index (χ0n) is 11.6. The zero-order valence-corrected chi connectivity index (χ0v) is 11.6. The molecule has 5 heteroatoms. The molecule has 2 N–H and O–H groups in total. The molecule has 1 amide bonds. The number of rotatable bonds is 3. The quantitative estimate of drug-likeness (QED) is 0.904. The minimum Gasteiger partial charge on any atom is -0.463 e. The van der Waals surface area contributed by atoms with Gasteiger partial charge in [0.25, 0.3) is 5.91 Å². The van der Waals surface area contributed by atoms with Gasteiger partial charge in [0.2, 0.25) is 0 Å². The van der Waals surface area contributed by atoms with Crippen LogP contribution in [0.2, 0.25) is 0 Å². The highest BCUT2D eigenvalue weighted by Crippen LogP contribution is 2.25. The van der Waals surface area contributed by atoms with E-state index in [4.69, 9.17) is 4.42 Å². The Hall–Kier alpha value is -1.75. The molecule has 0 bridgehead atoms. The van der Waals surface area contributed by atoms with E-state index >= 15 is 0 Å². The van der Waals surface area contributed by atoms with E-state index in [2.05, 4.69) is 4.98 Å². The van der Waals surface area contributed by atoms with Crippen molar-refractivity contribution in [2.45, 2.75) is 31.8 Å². The van der Waals surface area contributed by atoms with E-state index in [0.29, 0.717) is 17.8 Å². The Morgan fingerprint density at radius 1 is 1.50 bits per heavy atom. The summed E-state index contributed by atoms with van der Waals surface area (Å²) in [6.45, 7) is 0.598. The van der Waals surface area contributed by atoms with Crippen LogP contribution in [-0.4, -0.2) is 40.6 Å². The predicted molar refractivity (Wildman–Crippen MR) is 75.5 cm³/mol. The van der Waals surface area contributed by atoms with Crippen LogP contribution in [0, 0.1) is 5.92 Å². The SMILES string of the molecule is CN(CC1CCCCC1O)C(=O)c1cc2occc2[nH]1. The summed E-state index contributed by atoms with van der Waals surface area (Å²) >= 11 is 0. The van der Waals surface area contributed by atoms with Gasteiger partial charge >= 0.3 is 0 Å². The number of aliphatic hydroxyl groups excluding tert-OH is 1. The Labute approximate surface area is 117 Å². The molecule has 1 aliphatic rings. The number of hydrogen-bond donors (Lipinski definition) is 2. The van der Waals surface area contributed by atoms with Crippen molar-refractivity contribution in [2.75, 3.05) is 13.6 Å². The summed E-state index contributed by atoms with van der Waals surface area (Å²) in [6, 6.07) is 3.53. The predicted octanol–water partition coefficient (Wildman–Crippen LogP) is 2.38. The molecular formula is C15H20N2O3. The van der Waals surface area contributed by atoms with Gasteiger partial charge in [-0.2, -0.15) is 0 Å². The summed E-state index contributed by atoms with van der Waals surface area (Å²) in [5.74, 6) is 0.129. The number of nitrogens with one attached hydrogen (secondary N) is 1. The lowest BCUT2D eigenvalue weighted by Crippen LogP contribution is -2.38. The largest absolute Gasteiger partial charge is 0.463 e. The summed E-state index contributed by atoms with van der Waals surface area (Å²) in [5, 5.41) is 9.99. The number of carbonyl (C=O) groups excluding carboxylic acids is 1. The van der Waals surface area contributed by atoms with E-state index in [9.17, 15) is 9.90 Å². The minimum absolute atomic E-state index is 0.0610. The first-order chi connectivity index (χ1) is 9.65. The number of amides is 1. The van der Waals surface area contributed by atoms with Crippen molar-refractivity contribution in [3.05, 3.63) is 24.1 Å². The van der Waals surface area contributed by atoms with Crippen molar-refractivity contribution in [1.82, 2.24) is 9.88 Å². The van der Waals surface area contributed by atoms with Crippen LogP contribution in [0.3, 0.4) is 0 Å². The van der Waals surface area contributed by atoms with Gasteiger partial charge in [-0.25, -0.2) is 0 Å². The molecule has 108 valence electrons. The Kier molecular flexibility index (Phi) is 3.53. The number of aliphatic hydroxyl groups is 1. The molecule has 2 unspecified atom stereocenters. The highest BCUT2D eigenvalue weighted by Gasteiger charge is 2.26. The molecule has 1 fully saturated rings. The molecule has 0 spiro atoms. The third-order valence-electron chi connectivity index (χ3n) is 4.19. The lowest BCUT2D eigenvalue weighted by Gasteiger charge is -2.31. The standard InChI is InChI=1S/C15H20N2O3/c1-17(9-10-4-2-3-5-13(10)18)15(19)12-8-14-11(16-12)6-7-20-14/h6-8,10,13,16,18H,2-5,9H2,1H3. The summed E-state index contributed by atoms with van der Waals surface area (Å²) in [6.07, 6.45) is 5.38. The normalized spacial score (nSPS) is 23.1. The van der Waals surface area contributed by atoms with Gasteiger partial charge in [-0.15, -0.1) is 0 Å². The summed E-state index contributed by atoms with van der Waals surface area (Å²) in [4.78, 5) is 17.1. The molecule has 5 nitrogen and oxygen atoms in total. The van der Waals surface area contributed by atoms with Gasteiger partial charge in [0, 0.05) is 31.6 Å². The number of furan rings is 1. The summed E-state index contributed by atoms with van der Waals surface area (Å²) < 4.78 is 5.25. The summed E-state index contributed by atoms with van der Waals surface area (Å²) in [5.41, 5.74) is 2.06. The number of carbonyl (C=O) groups is 1. The molecule has 0 radical (unpaired) electrons. The van der Waals surface area contributed by atoms with Crippen LogP contribution in [0.1, 0.15) is 36.2 Å². The van der Waals surface area contributed by atoms with Gasteiger partial charge in [0.05, 0.1) is 17.9 Å². The van der Waals surface area contributed by atoms with E-state index in [1.54, 1.807) is 30.3 Å². The van der Waals surface area contributed by atoms with Gasteiger partial charge in [0.1, 0.15) is 5.69 Å². The van der Waals surface area contributed by atoms with E-state index in [1.807, 2.05) is 0 Å². The van der Waals surface area contributed by atoms with Crippen molar-refractivity contribution in [3.63, 3.8) is 0 Å². The molecule has 2 heterocycles. The monoisotopic (exact) mass is 276 g/mol. The number of fused-ring (bicyclic) bond motifs is 1. The third-order valence-corrected chi connectivity index (χ3v) is 4.19. The Morgan fingerprint density at radius 2 is 2.30 bits per heavy atom. The van der Waals surface area contributed by atoms with Crippen LogP contribution < -0.4 is 0 Å². The van der Waals surface area contributed by atoms with Crippen LogP contribution in [0.5, 0.6) is 0 Å². The minimum atomic E-state index is -0.279. The van der Waals surface area contributed by atoms with Crippen LogP contribution in [-0.2, 0) is 0 Å². The van der Waals surface area contributed by atoms with Gasteiger partial charge in [-0.05, 0) is 12.8 Å². The second kappa shape index (κ2) is 5.32. The molecular weight excluding hydrogens is 256 g/mol. The fraction of sp³-hybridized carbons (Fsp3) is 0.533. The average Bonchev–Trinajstić information content (AvgIpc) is 3.01. The molecule has 3 rings (SSSR count). The fourth-order valence-electron chi connectivity index (χ4n) is 3.00. The lowest BCUT2D eigenvalue weighted by molar-refractivity contribution is 0.0449. The number of nitrogens with zero attached hydrogens (tertiary/aromatic N) is 1. The number of aromatic nitrogens is 1. The van der Waals surface area contributed by atoms with E-state index in [1.165, 1.54) is 0 Å². The van der Waals surface area contributed by atoms with E-state index < -0.39 is 0 Å². The molecule has 2 atom stereocenters. The van der Waals surface area contributed by atoms with Gasteiger partial charge in [-0.1, -0.05) is 12.8 Å². The second-order valence-corrected chi connectivity index (χ2v) is 5.68. The molecule has 2 aromatic heterocycles. The van der Waals surface area contributed by atoms with Crippen molar-refractivity contribution < 1.29 is 14.3 Å². The Morgan fingerprint density at radius 3 is 3.05 bits per heavy atom. The molecule has 2 aromatic rings. The molecule has 1 saturated carbocycles. The first-order valence-electron chi connectivity index (χ1n) is 7.15. The lowest BCUT2D eigenvalue weighted by atomic mass is 9.86. The van der Waals surface area contributed by atoms with Gasteiger partial charge in [-0.3, -0.25) is 4.79 Å². The van der Waals surface area contributed by atoms with Crippen LogP contribution in [0.15, 0.2) is 22.8 Å². The molecule has 0 aromatic carbocycles. The van der Waals surface area contributed by atoms with Crippen LogP contribution in [0.4, 0.5) is 0 Å². The average molecular weight is 276 g/mol. The van der Waals surface area contributed by atoms with Gasteiger partial charge < -0.3 is 19.4 Å². The Bertz CT molecular complexity index is 573. The highest BCUT2D eigenvalue weighted by atomic mass is 16.3. The highest BCUT2D eigenvalue weighted by molar-refractivity contribution is 5.96. The van der Waals surface area contributed by atoms with Gasteiger partial charge in [0.15, 0.2) is 5.58 Å². The summed E-state index contributed by atoms with van der Waals surface area (Å²) in [7, 11) is 1.78. The number of aromatic amines is 1. The van der Waals surface area contributed by atoms with Crippen LogP contribution >= 0.6 is 0 Å². The third kappa shape index (κ3) is 2.45. The molecule has 0 aliphatic heterocycles. The maximum atomic E-state index is 12.4. The smallest absolute Gasteiger partial charge is 0.270 e. The maximum Gasteiger partial charge on any atom is 0.270 e. The number of hydrogen-bond acceptors (Lipinski definition) is 3. The second-order valence-electron chi connectivity index (χ2n) is 5.68. The first kappa shape index (κ1) is 13.2. The fourth-order valence-corrected chi connectivity index (χ4v) is 3.00. The first-order valence-corrected chi connectivity index (χ1v) is 7.15. The Balaban J connectivity index is 1.68. The van der Waals surface area contributed by atoms with E-state index in [-0.39, 0.29) is 17.9 Å². The van der Waals surface area contributed by atoms with Crippen LogP contribution in [0.25, 0.3) is 11.1 Å². The van der Waals surface area contributed by atoms with Crippen molar-refractivity contribution in [2.24, 2.45) is 5.92 Å². The topological polar surface area (TPSA) is 69.5 Å². The molecule has 1 aliphatic carbocycles. The molecule has 20 heavy (non-hydrogen) atoms. The number of H-pyrrole nitrogens is 1. The zero-order chi connectivity index (χ0) is 14.1. The maximum absolute atomic E-state index is 12.4.